The number of para-hydroxylation sites is 1. The summed E-state index contributed by atoms with van der Waals surface area (Å²) in [5, 5.41) is 0. The third-order valence-corrected chi connectivity index (χ3v) is 4.16. The normalized spacial score (nSPS) is 20.5. The van der Waals surface area contributed by atoms with Gasteiger partial charge in [-0.05, 0) is 6.07 Å². The van der Waals surface area contributed by atoms with Crippen molar-refractivity contribution in [3.63, 3.8) is 0 Å². The Morgan fingerprint density at radius 1 is 0.920 bits per heavy atom. The molecular formula is C20H20F3NO. The van der Waals surface area contributed by atoms with Crippen LogP contribution in [0.1, 0.15) is 38.3 Å². The number of rotatable bonds is 2. The van der Waals surface area contributed by atoms with Gasteiger partial charge in [0.2, 0.25) is 0 Å². The number of aliphatic imine (C=N–C) groups is 1. The highest BCUT2D eigenvalue weighted by atomic mass is 19.4. The highest BCUT2D eigenvalue weighted by molar-refractivity contribution is 5.87. The molecule has 132 valence electrons. The molecule has 2 nitrogen and oxygen atoms in total. The molecule has 0 N–H and O–H groups in total. The van der Waals surface area contributed by atoms with Crippen molar-refractivity contribution in [3.8, 4) is 0 Å². The first-order valence-corrected chi connectivity index (χ1v) is 8.12. The lowest BCUT2D eigenvalue weighted by Crippen LogP contribution is -2.43. The van der Waals surface area contributed by atoms with Crippen LogP contribution >= 0.6 is 0 Å². The maximum atomic E-state index is 13.6. The summed E-state index contributed by atoms with van der Waals surface area (Å²) in [6, 6.07) is 15.5. The van der Waals surface area contributed by atoms with Gasteiger partial charge in [-0.1, -0.05) is 69.3 Å². The molecule has 0 saturated carbocycles. The van der Waals surface area contributed by atoms with Crippen LogP contribution in [0.4, 0.5) is 18.9 Å². The van der Waals surface area contributed by atoms with Crippen LogP contribution < -0.4 is 0 Å². The predicted octanol–water partition coefficient (Wildman–Crippen LogP) is 5.99. The molecule has 1 aliphatic heterocycles. The Balaban J connectivity index is 2.29. The average Bonchev–Trinajstić information content (AvgIpc) is 2.53. The summed E-state index contributed by atoms with van der Waals surface area (Å²) in [6.45, 7) is 5.63. The summed E-state index contributed by atoms with van der Waals surface area (Å²) in [6.07, 6.45) is -5.51. The van der Waals surface area contributed by atoms with Crippen molar-refractivity contribution in [3.05, 3.63) is 65.7 Å². The Bertz CT molecular complexity index is 791. The Morgan fingerprint density at radius 2 is 1.52 bits per heavy atom. The topological polar surface area (TPSA) is 21.6 Å². The number of alkyl halides is 3. The molecule has 2 aromatic carbocycles. The summed E-state index contributed by atoms with van der Waals surface area (Å²) in [5.74, 6) is 0.305. The van der Waals surface area contributed by atoms with Gasteiger partial charge < -0.3 is 4.74 Å². The fraction of sp³-hybridized carbons (Fsp3) is 0.350. The Hall–Kier alpha value is -2.30. The highest BCUT2D eigenvalue weighted by Gasteiger charge is 2.51. The summed E-state index contributed by atoms with van der Waals surface area (Å²) in [7, 11) is 0. The predicted molar refractivity (Wildman–Crippen MR) is 92.0 cm³/mol. The van der Waals surface area contributed by atoms with Crippen molar-refractivity contribution in [2.75, 3.05) is 0 Å². The molecule has 0 spiro atoms. The molecule has 5 heteroatoms. The van der Waals surface area contributed by atoms with Gasteiger partial charge in [0.15, 0.2) is 11.5 Å². The van der Waals surface area contributed by atoms with Crippen molar-refractivity contribution < 1.29 is 17.9 Å². The van der Waals surface area contributed by atoms with Crippen LogP contribution in [-0.2, 0) is 10.3 Å². The lowest BCUT2D eigenvalue weighted by molar-refractivity contribution is -0.168. The van der Waals surface area contributed by atoms with E-state index in [1.807, 2.05) is 20.8 Å². The Morgan fingerprint density at radius 3 is 2.12 bits per heavy atom. The van der Waals surface area contributed by atoms with Gasteiger partial charge in [0, 0.05) is 16.5 Å². The number of hydrogen-bond donors (Lipinski definition) is 0. The number of fused-ring (bicyclic) bond motifs is 1. The van der Waals surface area contributed by atoms with Crippen LogP contribution in [0.5, 0.6) is 0 Å². The molecule has 0 saturated heterocycles. The first kappa shape index (κ1) is 17.5. The second-order valence-corrected chi connectivity index (χ2v) is 7.27. The molecule has 1 heterocycles. The third-order valence-electron chi connectivity index (χ3n) is 4.16. The van der Waals surface area contributed by atoms with Gasteiger partial charge in [-0.3, -0.25) is 0 Å². The molecule has 25 heavy (non-hydrogen) atoms. The first-order valence-electron chi connectivity index (χ1n) is 8.12. The van der Waals surface area contributed by atoms with E-state index in [1.165, 1.54) is 0 Å². The van der Waals surface area contributed by atoms with Crippen molar-refractivity contribution >= 4 is 11.6 Å². The molecule has 1 atom stereocenters. The summed E-state index contributed by atoms with van der Waals surface area (Å²) >= 11 is 0. The first-order chi connectivity index (χ1) is 11.6. The third kappa shape index (κ3) is 3.41. The molecule has 0 bridgehead atoms. The zero-order valence-corrected chi connectivity index (χ0v) is 14.4. The fourth-order valence-corrected chi connectivity index (χ4v) is 3.02. The van der Waals surface area contributed by atoms with E-state index >= 15 is 0 Å². The highest BCUT2D eigenvalue weighted by Crippen LogP contribution is 2.50. The lowest BCUT2D eigenvalue weighted by Gasteiger charge is -2.42. The van der Waals surface area contributed by atoms with E-state index in [0.717, 1.165) is 0 Å². The molecular weight excluding hydrogens is 327 g/mol. The molecule has 0 aromatic heterocycles. The SMILES string of the molecule is CC(C)(C)C1=Nc2ccccc2C(CC(F)(F)F)(c2ccccc2)O1. The molecule has 1 aliphatic rings. The number of nitrogens with zero attached hydrogens (tertiary/aromatic N) is 1. The van der Waals surface area contributed by atoms with Crippen molar-refractivity contribution in [1.82, 2.24) is 0 Å². The molecule has 0 radical (unpaired) electrons. The summed E-state index contributed by atoms with van der Waals surface area (Å²) in [4.78, 5) is 4.49. The van der Waals surface area contributed by atoms with E-state index in [4.69, 9.17) is 4.74 Å². The second-order valence-electron chi connectivity index (χ2n) is 7.27. The maximum absolute atomic E-state index is 13.6. The summed E-state index contributed by atoms with van der Waals surface area (Å²) in [5.41, 5.74) is -0.727. The van der Waals surface area contributed by atoms with Crippen molar-refractivity contribution in [2.45, 2.75) is 39.0 Å². The van der Waals surface area contributed by atoms with E-state index in [1.54, 1.807) is 54.6 Å². The van der Waals surface area contributed by atoms with Crippen LogP contribution in [-0.4, -0.2) is 12.1 Å². The van der Waals surface area contributed by atoms with E-state index < -0.39 is 23.6 Å². The summed E-state index contributed by atoms with van der Waals surface area (Å²) < 4.78 is 46.8. The van der Waals surface area contributed by atoms with E-state index in [-0.39, 0.29) is 0 Å². The van der Waals surface area contributed by atoms with Gasteiger partial charge in [0.1, 0.15) is 0 Å². The van der Waals surface area contributed by atoms with Crippen molar-refractivity contribution in [1.29, 1.82) is 0 Å². The Kier molecular flexibility index (Phi) is 4.13. The molecule has 0 fully saturated rings. The maximum Gasteiger partial charge on any atom is 0.393 e. The van der Waals surface area contributed by atoms with Gasteiger partial charge in [-0.25, -0.2) is 4.99 Å². The molecule has 3 rings (SSSR count). The largest absolute Gasteiger partial charge is 0.464 e. The van der Waals surface area contributed by atoms with Crippen LogP contribution in [0.15, 0.2) is 59.6 Å². The zero-order valence-electron chi connectivity index (χ0n) is 14.4. The number of ether oxygens (including phenoxy) is 1. The van der Waals surface area contributed by atoms with Gasteiger partial charge in [-0.2, -0.15) is 13.2 Å². The minimum atomic E-state index is -4.40. The molecule has 0 aliphatic carbocycles. The molecule has 0 amide bonds. The van der Waals surface area contributed by atoms with Gasteiger partial charge >= 0.3 is 6.18 Å². The fourth-order valence-electron chi connectivity index (χ4n) is 3.02. The number of halogens is 3. The van der Waals surface area contributed by atoms with Crippen LogP contribution in [0, 0.1) is 5.41 Å². The average molecular weight is 347 g/mol. The standard InChI is InChI=1S/C20H20F3NO/c1-18(2,3)17-24-16-12-8-7-11-15(16)19(25-17,13-20(21,22)23)14-9-5-4-6-10-14/h4-12H,13H2,1-3H3. The van der Waals surface area contributed by atoms with Crippen LogP contribution in [0.25, 0.3) is 0 Å². The number of benzene rings is 2. The van der Waals surface area contributed by atoms with Crippen LogP contribution in [0.3, 0.4) is 0 Å². The monoisotopic (exact) mass is 347 g/mol. The molecule has 1 unspecified atom stereocenters. The quantitative estimate of drug-likeness (QED) is 0.654. The van der Waals surface area contributed by atoms with E-state index in [2.05, 4.69) is 4.99 Å². The second kappa shape index (κ2) is 5.90. The van der Waals surface area contributed by atoms with E-state index in [0.29, 0.717) is 22.7 Å². The molecule has 2 aromatic rings. The van der Waals surface area contributed by atoms with Gasteiger partial charge in [-0.15, -0.1) is 0 Å². The minimum absolute atomic E-state index is 0.305. The number of hydrogen-bond acceptors (Lipinski definition) is 2. The van der Waals surface area contributed by atoms with Gasteiger partial charge in [0.05, 0.1) is 12.1 Å². The smallest absolute Gasteiger partial charge is 0.393 e. The Labute approximate surface area is 145 Å². The lowest BCUT2D eigenvalue weighted by atomic mass is 9.80. The van der Waals surface area contributed by atoms with Crippen molar-refractivity contribution in [2.24, 2.45) is 10.4 Å². The van der Waals surface area contributed by atoms with Crippen LogP contribution in [0.2, 0.25) is 0 Å². The van der Waals surface area contributed by atoms with E-state index in [9.17, 15) is 13.2 Å². The zero-order chi connectivity index (χ0) is 18.3. The van der Waals surface area contributed by atoms with Gasteiger partial charge in [0.25, 0.3) is 0 Å². The minimum Gasteiger partial charge on any atom is -0.464 e.